The standard InChI is InChI=1S/C21H20N6OS2/c1-14-7-9-15(10-8-14)23-20-24-16(12-29-20)11-19-25-26-21(30-13-18(22)28)27(19)17-5-3-2-4-6-17/h2-10,12H,11,13H2,1H3,(H2,22,28)(H,23,24). The van der Waals surface area contributed by atoms with E-state index in [-0.39, 0.29) is 5.75 Å². The summed E-state index contributed by atoms with van der Waals surface area (Å²) in [6.45, 7) is 2.06. The number of primary amides is 1. The number of hydrogen-bond acceptors (Lipinski definition) is 7. The lowest BCUT2D eigenvalue weighted by atomic mass is 10.2. The van der Waals surface area contributed by atoms with Crippen LogP contribution in [0.1, 0.15) is 17.1 Å². The number of benzene rings is 2. The molecule has 9 heteroatoms. The number of para-hydroxylation sites is 1. The first-order valence-corrected chi connectivity index (χ1v) is 11.1. The summed E-state index contributed by atoms with van der Waals surface area (Å²) >= 11 is 2.82. The van der Waals surface area contributed by atoms with Crippen LogP contribution in [0.15, 0.2) is 65.1 Å². The Labute approximate surface area is 182 Å². The van der Waals surface area contributed by atoms with E-state index in [1.807, 2.05) is 52.4 Å². The summed E-state index contributed by atoms with van der Waals surface area (Å²) in [5.41, 5.74) is 9.34. The topological polar surface area (TPSA) is 98.7 Å². The van der Waals surface area contributed by atoms with Crippen molar-refractivity contribution in [3.8, 4) is 5.69 Å². The van der Waals surface area contributed by atoms with Crippen LogP contribution in [0.4, 0.5) is 10.8 Å². The van der Waals surface area contributed by atoms with Gasteiger partial charge in [0.15, 0.2) is 10.3 Å². The number of amides is 1. The van der Waals surface area contributed by atoms with Crippen molar-refractivity contribution in [1.29, 1.82) is 0 Å². The van der Waals surface area contributed by atoms with Crippen molar-refractivity contribution in [3.05, 3.63) is 77.1 Å². The van der Waals surface area contributed by atoms with E-state index in [0.717, 1.165) is 28.0 Å². The molecule has 2 aromatic heterocycles. The van der Waals surface area contributed by atoms with Crippen LogP contribution in [0.5, 0.6) is 0 Å². The van der Waals surface area contributed by atoms with Gasteiger partial charge in [-0.1, -0.05) is 47.7 Å². The molecule has 2 aromatic carbocycles. The predicted octanol–water partition coefficient (Wildman–Crippen LogP) is 3.94. The highest BCUT2D eigenvalue weighted by Gasteiger charge is 2.17. The average molecular weight is 437 g/mol. The maximum atomic E-state index is 11.2. The van der Waals surface area contributed by atoms with Crippen molar-refractivity contribution in [3.63, 3.8) is 0 Å². The number of carbonyl (C=O) groups excluding carboxylic acids is 1. The summed E-state index contributed by atoms with van der Waals surface area (Å²) in [6.07, 6.45) is 0.519. The molecule has 4 rings (SSSR count). The zero-order valence-corrected chi connectivity index (χ0v) is 17.9. The summed E-state index contributed by atoms with van der Waals surface area (Å²) in [4.78, 5) is 15.9. The third-order valence-electron chi connectivity index (χ3n) is 4.25. The van der Waals surface area contributed by atoms with Gasteiger partial charge in [0.25, 0.3) is 0 Å². The summed E-state index contributed by atoms with van der Waals surface area (Å²) < 4.78 is 1.94. The van der Waals surface area contributed by atoms with Crippen molar-refractivity contribution in [2.45, 2.75) is 18.5 Å². The Morgan fingerprint density at radius 1 is 1.13 bits per heavy atom. The number of carbonyl (C=O) groups is 1. The quantitative estimate of drug-likeness (QED) is 0.406. The summed E-state index contributed by atoms with van der Waals surface area (Å²) in [5, 5.41) is 15.4. The van der Waals surface area contributed by atoms with Crippen LogP contribution in [-0.4, -0.2) is 31.4 Å². The summed E-state index contributed by atoms with van der Waals surface area (Å²) in [7, 11) is 0. The van der Waals surface area contributed by atoms with E-state index in [2.05, 4.69) is 39.6 Å². The normalized spacial score (nSPS) is 10.8. The zero-order valence-electron chi connectivity index (χ0n) is 16.3. The Kier molecular flexibility index (Phi) is 6.10. The maximum Gasteiger partial charge on any atom is 0.227 e. The van der Waals surface area contributed by atoms with Gasteiger partial charge in [0, 0.05) is 16.8 Å². The van der Waals surface area contributed by atoms with Gasteiger partial charge in [0.2, 0.25) is 5.91 Å². The first-order valence-electron chi connectivity index (χ1n) is 9.27. The van der Waals surface area contributed by atoms with Crippen molar-refractivity contribution in [2.75, 3.05) is 11.1 Å². The molecule has 0 aliphatic rings. The molecule has 0 saturated heterocycles. The molecule has 0 saturated carbocycles. The number of thioether (sulfide) groups is 1. The maximum absolute atomic E-state index is 11.2. The van der Waals surface area contributed by atoms with E-state index in [9.17, 15) is 4.79 Å². The van der Waals surface area contributed by atoms with Gasteiger partial charge in [0.05, 0.1) is 17.9 Å². The van der Waals surface area contributed by atoms with Crippen molar-refractivity contribution < 1.29 is 4.79 Å². The first kappa shape index (κ1) is 20.1. The Morgan fingerprint density at radius 3 is 2.63 bits per heavy atom. The van der Waals surface area contributed by atoms with E-state index >= 15 is 0 Å². The van der Waals surface area contributed by atoms with Gasteiger partial charge in [-0.25, -0.2) is 4.98 Å². The van der Waals surface area contributed by atoms with E-state index in [4.69, 9.17) is 5.73 Å². The van der Waals surface area contributed by atoms with Gasteiger partial charge < -0.3 is 11.1 Å². The van der Waals surface area contributed by atoms with E-state index < -0.39 is 5.91 Å². The van der Waals surface area contributed by atoms with Crippen LogP contribution in [0.3, 0.4) is 0 Å². The van der Waals surface area contributed by atoms with E-state index in [0.29, 0.717) is 11.6 Å². The number of nitrogens with two attached hydrogens (primary N) is 1. The van der Waals surface area contributed by atoms with Crippen molar-refractivity contribution in [2.24, 2.45) is 5.73 Å². The Bertz CT molecular complexity index is 1140. The van der Waals surface area contributed by atoms with Gasteiger partial charge in [-0.15, -0.1) is 21.5 Å². The smallest absolute Gasteiger partial charge is 0.227 e. The second-order valence-corrected chi connectivity index (χ2v) is 8.44. The Balaban J connectivity index is 1.56. The number of aromatic nitrogens is 4. The van der Waals surface area contributed by atoms with Crippen LogP contribution < -0.4 is 11.1 Å². The molecule has 0 fully saturated rings. The molecule has 2 heterocycles. The number of aryl methyl sites for hydroxylation is 1. The summed E-state index contributed by atoms with van der Waals surface area (Å²) in [6, 6.07) is 18.0. The molecule has 0 aliphatic heterocycles. The lowest BCUT2D eigenvalue weighted by Gasteiger charge is -2.09. The van der Waals surface area contributed by atoms with Crippen molar-refractivity contribution in [1.82, 2.24) is 19.7 Å². The Hall–Kier alpha value is -3.17. The van der Waals surface area contributed by atoms with Crippen molar-refractivity contribution >= 4 is 39.8 Å². The first-order chi connectivity index (χ1) is 14.6. The van der Waals surface area contributed by atoms with Gasteiger partial charge in [-0.3, -0.25) is 9.36 Å². The van der Waals surface area contributed by atoms with Crippen LogP contribution in [0, 0.1) is 6.92 Å². The highest BCUT2D eigenvalue weighted by atomic mass is 32.2. The van der Waals surface area contributed by atoms with Crippen LogP contribution in [0.2, 0.25) is 0 Å². The number of rotatable bonds is 8. The van der Waals surface area contributed by atoms with Crippen LogP contribution in [0.25, 0.3) is 5.69 Å². The lowest BCUT2D eigenvalue weighted by Crippen LogP contribution is -2.14. The fourth-order valence-electron chi connectivity index (χ4n) is 2.85. The molecule has 0 spiro atoms. The molecular formula is C21H20N6OS2. The molecule has 0 aliphatic carbocycles. The van der Waals surface area contributed by atoms with E-state index in [1.54, 1.807) is 11.3 Å². The Morgan fingerprint density at radius 2 is 1.90 bits per heavy atom. The molecule has 152 valence electrons. The minimum atomic E-state index is -0.393. The SMILES string of the molecule is Cc1ccc(Nc2nc(Cc3nnc(SCC(N)=O)n3-c3ccccc3)cs2)cc1. The second-order valence-electron chi connectivity index (χ2n) is 6.64. The molecule has 3 N–H and O–H groups in total. The number of hydrogen-bond donors (Lipinski definition) is 2. The number of thiazole rings is 1. The van der Waals surface area contributed by atoms with Gasteiger partial charge in [0.1, 0.15) is 5.82 Å². The highest BCUT2D eigenvalue weighted by Crippen LogP contribution is 2.26. The molecule has 0 bridgehead atoms. The minimum Gasteiger partial charge on any atom is -0.369 e. The average Bonchev–Trinajstić information content (AvgIpc) is 3.36. The molecule has 0 radical (unpaired) electrons. The van der Waals surface area contributed by atoms with Crippen LogP contribution in [-0.2, 0) is 11.2 Å². The third kappa shape index (κ3) is 4.87. The molecular weight excluding hydrogens is 416 g/mol. The largest absolute Gasteiger partial charge is 0.369 e. The van der Waals surface area contributed by atoms with Gasteiger partial charge in [-0.05, 0) is 31.2 Å². The fourth-order valence-corrected chi connectivity index (χ4v) is 4.29. The fraction of sp³-hybridized carbons (Fsp3) is 0.143. The lowest BCUT2D eigenvalue weighted by molar-refractivity contribution is -0.115. The number of nitrogens with zero attached hydrogens (tertiary/aromatic N) is 4. The molecule has 1 amide bonds. The second kappa shape index (κ2) is 9.10. The predicted molar refractivity (Wildman–Crippen MR) is 121 cm³/mol. The molecule has 0 atom stereocenters. The third-order valence-corrected chi connectivity index (χ3v) is 6.01. The number of anilines is 2. The molecule has 7 nitrogen and oxygen atoms in total. The van der Waals surface area contributed by atoms with Gasteiger partial charge in [-0.2, -0.15) is 0 Å². The van der Waals surface area contributed by atoms with Crippen LogP contribution >= 0.6 is 23.1 Å². The highest BCUT2D eigenvalue weighted by molar-refractivity contribution is 7.99. The minimum absolute atomic E-state index is 0.145. The zero-order chi connectivity index (χ0) is 20.9. The van der Waals surface area contributed by atoms with Gasteiger partial charge >= 0.3 is 0 Å². The van der Waals surface area contributed by atoms with E-state index in [1.165, 1.54) is 17.3 Å². The molecule has 30 heavy (non-hydrogen) atoms. The number of nitrogens with one attached hydrogen (secondary N) is 1. The summed E-state index contributed by atoms with van der Waals surface area (Å²) in [5.74, 6) is 0.502. The monoisotopic (exact) mass is 436 g/mol. The molecule has 4 aromatic rings. The molecule has 0 unspecified atom stereocenters.